The molecule has 0 amide bonds. The van der Waals surface area contributed by atoms with Crippen molar-refractivity contribution in [3.63, 3.8) is 0 Å². The van der Waals surface area contributed by atoms with Crippen molar-refractivity contribution in [1.29, 1.82) is 0 Å². The highest BCUT2D eigenvalue weighted by Crippen LogP contribution is 2.36. The molecule has 0 unspecified atom stereocenters. The minimum Gasteiger partial charge on any atom is -0.492 e. The maximum atomic E-state index is 14.7. The van der Waals surface area contributed by atoms with Gasteiger partial charge in [-0.3, -0.25) is 4.79 Å². The lowest BCUT2D eigenvalue weighted by Crippen LogP contribution is -2.13. The van der Waals surface area contributed by atoms with Gasteiger partial charge in [-0.15, -0.1) is 0 Å². The Bertz CT molecular complexity index is 1010. The van der Waals surface area contributed by atoms with Crippen LogP contribution in [0, 0.1) is 5.82 Å². The van der Waals surface area contributed by atoms with Crippen LogP contribution in [-0.2, 0) is 11.3 Å². The minimum atomic E-state index is -0.725. The third-order valence-electron chi connectivity index (χ3n) is 3.84. The molecule has 0 saturated carbocycles. The van der Waals surface area contributed by atoms with Gasteiger partial charge in [0.15, 0.2) is 11.6 Å². The van der Waals surface area contributed by atoms with E-state index in [1.807, 2.05) is 0 Å². The summed E-state index contributed by atoms with van der Waals surface area (Å²) in [7, 11) is 1.29. The zero-order valence-corrected chi connectivity index (χ0v) is 16.2. The first-order valence-corrected chi connectivity index (χ1v) is 8.79. The molecule has 3 aromatic rings. The molecule has 2 aromatic heterocycles. The van der Waals surface area contributed by atoms with Crippen LogP contribution in [-0.4, -0.2) is 24.5 Å². The van der Waals surface area contributed by atoms with Crippen molar-refractivity contribution in [2.24, 2.45) is 0 Å². The van der Waals surface area contributed by atoms with Gasteiger partial charge < -0.3 is 19.6 Å². The number of methoxy groups -OCH3 is 1. The second-order valence-corrected chi connectivity index (χ2v) is 6.48. The van der Waals surface area contributed by atoms with Gasteiger partial charge in [0.2, 0.25) is 5.78 Å². The number of aromatic nitrogens is 1. The largest absolute Gasteiger partial charge is 0.492 e. The van der Waals surface area contributed by atoms with E-state index in [1.54, 1.807) is 12.1 Å². The highest BCUT2D eigenvalue weighted by molar-refractivity contribution is 6.36. The number of ether oxygens (including phenoxy) is 2. The molecule has 0 bridgehead atoms. The van der Waals surface area contributed by atoms with Crippen molar-refractivity contribution in [2.45, 2.75) is 6.61 Å². The SMILES string of the molecule is COc1c(Cl)ccc(-c2cc(N)c(Cl)c(C(=O)COCc3ccco3)n2)c1F. The summed E-state index contributed by atoms with van der Waals surface area (Å²) in [5.74, 6) is -0.803. The van der Waals surface area contributed by atoms with Crippen LogP contribution in [0.1, 0.15) is 16.2 Å². The Balaban J connectivity index is 1.89. The number of nitrogen functional groups attached to an aromatic ring is 1. The fourth-order valence-corrected chi connectivity index (χ4v) is 2.92. The molecular weight excluding hydrogens is 410 g/mol. The number of nitrogens with two attached hydrogens (primary N) is 1. The van der Waals surface area contributed by atoms with E-state index in [4.69, 9.17) is 42.8 Å². The van der Waals surface area contributed by atoms with Crippen molar-refractivity contribution in [3.05, 3.63) is 63.9 Å². The van der Waals surface area contributed by atoms with E-state index in [-0.39, 0.29) is 51.6 Å². The summed E-state index contributed by atoms with van der Waals surface area (Å²) in [4.78, 5) is 16.7. The Morgan fingerprint density at radius 3 is 2.79 bits per heavy atom. The fraction of sp³-hybridized carbons (Fsp3) is 0.158. The summed E-state index contributed by atoms with van der Waals surface area (Å²) < 4.78 is 30.1. The lowest BCUT2D eigenvalue weighted by Gasteiger charge is -2.12. The quantitative estimate of drug-likeness (QED) is 0.549. The lowest BCUT2D eigenvalue weighted by atomic mass is 10.1. The van der Waals surface area contributed by atoms with Crippen molar-refractivity contribution < 1.29 is 23.1 Å². The number of anilines is 1. The second-order valence-electron chi connectivity index (χ2n) is 5.70. The van der Waals surface area contributed by atoms with E-state index in [1.165, 1.54) is 31.6 Å². The molecule has 2 N–H and O–H groups in total. The van der Waals surface area contributed by atoms with Gasteiger partial charge in [-0.2, -0.15) is 0 Å². The third kappa shape index (κ3) is 4.11. The minimum absolute atomic E-state index is 0.0308. The van der Waals surface area contributed by atoms with Gasteiger partial charge in [0, 0.05) is 5.56 Å². The molecule has 0 spiro atoms. The normalized spacial score (nSPS) is 10.9. The van der Waals surface area contributed by atoms with Crippen LogP contribution in [0.3, 0.4) is 0 Å². The highest BCUT2D eigenvalue weighted by atomic mass is 35.5. The number of hydrogen-bond donors (Lipinski definition) is 1. The number of ketones is 1. The van der Waals surface area contributed by atoms with Gasteiger partial charge in [0.05, 0.1) is 34.8 Å². The first kappa shape index (κ1) is 20.1. The number of hydrogen-bond acceptors (Lipinski definition) is 6. The molecule has 0 fully saturated rings. The smallest absolute Gasteiger partial charge is 0.208 e. The van der Waals surface area contributed by atoms with E-state index in [0.29, 0.717) is 5.76 Å². The monoisotopic (exact) mass is 424 g/mol. The summed E-state index contributed by atoms with van der Waals surface area (Å²) in [6.45, 7) is -0.197. The summed E-state index contributed by atoms with van der Waals surface area (Å²) in [5, 5.41) is 0.0741. The average molecular weight is 425 g/mol. The molecule has 9 heteroatoms. The fourth-order valence-electron chi connectivity index (χ4n) is 2.50. The summed E-state index contributed by atoms with van der Waals surface area (Å²) >= 11 is 12.0. The average Bonchev–Trinajstić information content (AvgIpc) is 3.18. The second kappa shape index (κ2) is 8.60. The number of carbonyl (C=O) groups is 1. The van der Waals surface area contributed by atoms with Gasteiger partial charge in [0.1, 0.15) is 24.7 Å². The molecule has 0 saturated heterocycles. The van der Waals surface area contributed by atoms with E-state index in [0.717, 1.165) is 0 Å². The van der Waals surface area contributed by atoms with Gasteiger partial charge in [-0.1, -0.05) is 23.2 Å². The number of furan rings is 1. The number of benzene rings is 1. The third-order valence-corrected chi connectivity index (χ3v) is 4.53. The van der Waals surface area contributed by atoms with E-state index >= 15 is 0 Å². The van der Waals surface area contributed by atoms with Crippen LogP contribution >= 0.6 is 23.2 Å². The number of rotatable bonds is 7. The van der Waals surface area contributed by atoms with Crippen LogP contribution in [0.25, 0.3) is 11.3 Å². The Morgan fingerprint density at radius 1 is 1.32 bits per heavy atom. The Kier molecular flexibility index (Phi) is 6.18. The molecule has 146 valence electrons. The van der Waals surface area contributed by atoms with Gasteiger partial charge in [-0.05, 0) is 30.3 Å². The predicted molar refractivity (Wildman–Crippen MR) is 103 cm³/mol. The molecule has 0 aliphatic heterocycles. The topological polar surface area (TPSA) is 87.6 Å². The molecular formula is C19H15Cl2FN2O4. The van der Waals surface area contributed by atoms with E-state index in [2.05, 4.69) is 4.98 Å². The Hall–Kier alpha value is -2.61. The molecule has 6 nitrogen and oxygen atoms in total. The number of carbonyl (C=O) groups excluding carboxylic acids is 1. The molecule has 1 aromatic carbocycles. The van der Waals surface area contributed by atoms with E-state index in [9.17, 15) is 9.18 Å². The molecule has 0 aliphatic carbocycles. The van der Waals surface area contributed by atoms with E-state index < -0.39 is 11.6 Å². The van der Waals surface area contributed by atoms with Crippen molar-refractivity contribution in [2.75, 3.05) is 19.5 Å². The van der Waals surface area contributed by atoms with Crippen LogP contribution in [0.4, 0.5) is 10.1 Å². The zero-order valence-electron chi connectivity index (χ0n) is 14.7. The predicted octanol–water partition coefficient (Wildman–Crippen LogP) is 4.78. The molecule has 0 radical (unpaired) electrons. The first-order chi connectivity index (χ1) is 13.4. The first-order valence-electron chi connectivity index (χ1n) is 8.04. The maximum Gasteiger partial charge on any atom is 0.208 e. The highest BCUT2D eigenvalue weighted by Gasteiger charge is 2.21. The Morgan fingerprint density at radius 2 is 2.11 bits per heavy atom. The van der Waals surface area contributed by atoms with Crippen LogP contribution in [0.2, 0.25) is 10.0 Å². The van der Waals surface area contributed by atoms with Crippen molar-refractivity contribution >= 4 is 34.7 Å². The number of Topliss-reactive ketones (excluding diaryl/α,β-unsaturated/α-hetero) is 1. The molecule has 28 heavy (non-hydrogen) atoms. The summed E-state index contributed by atoms with van der Waals surface area (Å²) in [5.41, 5.74) is 6.03. The summed E-state index contributed by atoms with van der Waals surface area (Å²) in [6, 6.07) is 7.66. The lowest BCUT2D eigenvalue weighted by molar-refractivity contribution is 0.0687. The standard InChI is InChI=1S/C19H15Cl2FN2O4/c1-26-19-12(20)5-4-11(17(19)22)14-7-13(23)16(21)18(24-14)15(25)9-27-8-10-3-2-6-28-10/h2-7H,8-9H2,1H3,(H2,23,24). The Labute approximate surface area is 170 Å². The number of pyridine rings is 1. The van der Waals surface area contributed by atoms with Crippen molar-refractivity contribution in [3.8, 4) is 17.0 Å². The van der Waals surface area contributed by atoms with Crippen LogP contribution in [0.5, 0.6) is 5.75 Å². The molecule has 3 rings (SSSR count). The maximum absolute atomic E-state index is 14.7. The molecule has 0 aliphatic rings. The summed E-state index contributed by atoms with van der Waals surface area (Å²) in [6.07, 6.45) is 1.50. The van der Waals surface area contributed by atoms with Gasteiger partial charge in [0.25, 0.3) is 0 Å². The van der Waals surface area contributed by atoms with Gasteiger partial charge >= 0.3 is 0 Å². The zero-order chi connectivity index (χ0) is 20.3. The number of nitrogens with zero attached hydrogens (tertiary/aromatic N) is 1. The van der Waals surface area contributed by atoms with Crippen LogP contribution < -0.4 is 10.5 Å². The van der Waals surface area contributed by atoms with Crippen molar-refractivity contribution in [1.82, 2.24) is 4.98 Å². The van der Waals surface area contributed by atoms with Crippen LogP contribution in [0.15, 0.2) is 41.0 Å². The van der Waals surface area contributed by atoms with Gasteiger partial charge in [-0.25, -0.2) is 9.37 Å². The number of halogens is 3. The molecule has 0 atom stereocenters. The molecule has 2 heterocycles.